The minimum atomic E-state index is -0.328. The van der Waals surface area contributed by atoms with Crippen LogP contribution in [0.2, 0.25) is 5.02 Å². The fourth-order valence-electron chi connectivity index (χ4n) is 4.63. The van der Waals surface area contributed by atoms with Crippen molar-refractivity contribution in [2.75, 3.05) is 5.12 Å². The van der Waals surface area contributed by atoms with Crippen molar-refractivity contribution in [1.82, 2.24) is 24.6 Å². The third-order valence-corrected chi connectivity index (χ3v) is 6.74. The van der Waals surface area contributed by atoms with Crippen LogP contribution in [-0.4, -0.2) is 30.6 Å². The quantitative estimate of drug-likeness (QED) is 0.356. The summed E-state index contributed by atoms with van der Waals surface area (Å²) in [7, 11) is 0. The first-order valence-corrected chi connectivity index (χ1v) is 12.0. The molecule has 0 spiro atoms. The predicted molar refractivity (Wildman–Crippen MR) is 141 cm³/mol. The second-order valence-corrected chi connectivity index (χ2v) is 9.17. The number of hydrogen-bond acceptors (Lipinski definition) is 7. The van der Waals surface area contributed by atoms with Gasteiger partial charge in [0, 0.05) is 34.6 Å². The Kier molecular flexibility index (Phi) is 5.71. The molecular weight excluding hydrogens is 490 g/mol. The maximum atomic E-state index is 13.6. The van der Waals surface area contributed by atoms with Crippen LogP contribution >= 0.6 is 11.6 Å². The highest BCUT2D eigenvalue weighted by molar-refractivity contribution is 6.30. The van der Waals surface area contributed by atoms with Gasteiger partial charge in [-0.1, -0.05) is 53.2 Å². The molecule has 1 atom stereocenters. The number of benzene rings is 2. The van der Waals surface area contributed by atoms with Crippen molar-refractivity contribution >= 4 is 22.7 Å². The van der Waals surface area contributed by atoms with E-state index in [2.05, 4.69) is 10.1 Å². The summed E-state index contributed by atoms with van der Waals surface area (Å²) in [6, 6.07) is 20.6. The number of fused-ring (bicyclic) bond motifs is 1. The van der Waals surface area contributed by atoms with Gasteiger partial charge < -0.3 is 4.52 Å². The zero-order valence-electron chi connectivity index (χ0n) is 19.8. The summed E-state index contributed by atoms with van der Waals surface area (Å²) in [6.07, 6.45) is 5.04. The Bertz CT molecular complexity index is 1640. The monoisotopic (exact) mass is 511 g/mol. The molecule has 5 aromatic rings. The number of pyridine rings is 1. The van der Waals surface area contributed by atoms with Crippen molar-refractivity contribution in [3.05, 3.63) is 123 Å². The Morgan fingerprint density at radius 1 is 0.919 bits per heavy atom. The summed E-state index contributed by atoms with van der Waals surface area (Å²) in [5, 5.41) is 10.6. The molecule has 0 radical (unpaired) electrons. The van der Waals surface area contributed by atoms with Gasteiger partial charge in [0.25, 0.3) is 0 Å². The van der Waals surface area contributed by atoms with Crippen LogP contribution in [0, 0.1) is 0 Å². The average Bonchev–Trinajstić information content (AvgIpc) is 3.57. The molecule has 0 fully saturated rings. The van der Waals surface area contributed by atoms with E-state index in [1.54, 1.807) is 24.7 Å². The molecule has 0 saturated heterocycles. The lowest BCUT2D eigenvalue weighted by Gasteiger charge is -2.35. The lowest BCUT2D eigenvalue weighted by atomic mass is 9.89. The molecule has 0 aliphatic carbocycles. The Labute approximate surface area is 217 Å². The first-order chi connectivity index (χ1) is 18.0. The SMILES string of the molecule is CC1C(c2ccc(Cl)cc2)=C(c2ccncc2)c2nn(Cc3ccc(-c4ccno4)cc3)c(=O)n2N1N. The lowest BCUT2D eigenvalue weighted by molar-refractivity contribution is 0.432. The lowest BCUT2D eigenvalue weighted by Crippen LogP contribution is -2.55. The summed E-state index contributed by atoms with van der Waals surface area (Å²) >= 11 is 6.16. The Morgan fingerprint density at radius 3 is 2.30 bits per heavy atom. The molecule has 37 heavy (non-hydrogen) atoms. The van der Waals surface area contributed by atoms with Gasteiger partial charge in [-0.2, -0.15) is 4.68 Å². The third kappa shape index (κ3) is 4.04. The van der Waals surface area contributed by atoms with E-state index >= 15 is 0 Å². The van der Waals surface area contributed by atoms with Crippen LogP contribution in [0.1, 0.15) is 29.4 Å². The van der Waals surface area contributed by atoms with Crippen LogP contribution in [0.25, 0.3) is 22.5 Å². The zero-order chi connectivity index (χ0) is 25.5. The topological polar surface area (TPSA) is 108 Å². The van der Waals surface area contributed by atoms with Crippen molar-refractivity contribution in [1.29, 1.82) is 0 Å². The fraction of sp³-hybridized carbons (Fsp3) is 0.111. The second kappa shape index (κ2) is 9.20. The first-order valence-electron chi connectivity index (χ1n) is 11.7. The molecular formula is C27H22ClN7O2. The molecule has 2 aromatic carbocycles. The molecule has 1 unspecified atom stereocenters. The number of nitrogens with two attached hydrogens (primary N) is 1. The number of halogens is 1. The summed E-state index contributed by atoms with van der Waals surface area (Å²) in [6.45, 7) is 2.23. The van der Waals surface area contributed by atoms with Crippen LogP contribution in [0.4, 0.5) is 0 Å². The number of hydrogen-bond donors (Lipinski definition) is 1. The molecule has 0 saturated carbocycles. The van der Waals surface area contributed by atoms with Crippen LogP contribution in [0.15, 0.2) is 94.6 Å². The van der Waals surface area contributed by atoms with E-state index in [1.807, 2.05) is 67.6 Å². The molecule has 3 aromatic heterocycles. The summed E-state index contributed by atoms with van der Waals surface area (Å²) in [4.78, 5) is 17.7. The fourth-order valence-corrected chi connectivity index (χ4v) is 4.76. The van der Waals surface area contributed by atoms with Gasteiger partial charge in [0.15, 0.2) is 11.6 Å². The molecule has 1 aliphatic rings. The molecule has 0 amide bonds. The van der Waals surface area contributed by atoms with Crippen molar-refractivity contribution in [2.24, 2.45) is 5.84 Å². The molecule has 10 heteroatoms. The zero-order valence-corrected chi connectivity index (χ0v) is 20.6. The van der Waals surface area contributed by atoms with Gasteiger partial charge in [-0.3, -0.25) is 4.98 Å². The van der Waals surface area contributed by atoms with Crippen LogP contribution in [0.3, 0.4) is 0 Å². The second-order valence-electron chi connectivity index (χ2n) is 8.74. The molecule has 0 bridgehead atoms. The Hall–Kier alpha value is -4.47. The first kappa shape index (κ1) is 23.0. The van der Waals surface area contributed by atoms with E-state index in [9.17, 15) is 4.79 Å². The van der Waals surface area contributed by atoms with E-state index < -0.39 is 0 Å². The molecule has 6 rings (SSSR count). The normalized spacial score (nSPS) is 15.2. The summed E-state index contributed by atoms with van der Waals surface area (Å²) in [5.74, 6) is 7.66. The van der Waals surface area contributed by atoms with Crippen LogP contribution in [0.5, 0.6) is 0 Å². The van der Waals surface area contributed by atoms with E-state index in [4.69, 9.17) is 27.1 Å². The van der Waals surface area contributed by atoms with E-state index in [-0.39, 0.29) is 18.3 Å². The molecule has 2 N–H and O–H groups in total. The van der Waals surface area contributed by atoms with Gasteiger partial charge in [-0.15, -0.1) is 5.10 Å². The van der Waals surface area contributed by atoms with Gasteiger partial charge in [0.2, 0.25) is 0 Å². The highest BCUT2D eigenvalue weighted by Gasteiger charge is 2.34. The number of nitrogens with zero attached hydrogens (tertiary/aromatic N) is 6. The molecule has 9 nitrogen and oxygen atoms in total. The van der Waals surface area contributed by atoms with E-state index in [0.29, 0.717) is 16.6 Å². The number of hydrazine groups is 1. The minimum absolute atomic E-state index is 0.275. The largest absolute Gasteiger partial charge is 0.366 e. The Balaban J connectivity index is 1.47. The van der Waals surface area contributed by atoms with Crippen LogP contribution < -0.4 is 16.7 Å². The summed E-state index contributed by atoms with van der Waals surface area (Å²) in [5.41, 5.74) is 5.05. The third-order valence-electron chi connectivity index (χ3n) is 6.49. The van der Waals surface area contributed by atoms with Gasteiger partial charge >= 0.3 is 5.69 Å². The van der Waals surface area contributed by atoms with Gasteiger partial charge in [0.05, 0.1) is 18.8 Å². The van der Waals surface area contributed by atoms with Crippen molar-refractivity contribution in [3.8, 4) is 11.3 Å². The standard InChI is InChI=1S/C27H22ClN7O2/c1-17-24(20-6-8-22(28)9-7-20)25(21-10-13-30-14-11-21)26-32-33(27(36)34(26)35(17)29)16-18-2-4-19(5-3-18)23-12-15-31-37-23/h2-15,17H,16,29H2,1H3. The maximum Gasteiger partial charge on any atom is 0.366 e. The molecule has 4 heterocycles. The van der Waals surface area contributed by atoms with E-state index in [1.165, 1.54) is 14.5 Å². The van der Waals surface area contributed by atoms with Gasteiger partial charge in [0.1, 0.15) is 0 Å². The highest BCUT2D eigenvalue weighted by atomic mass is 35.5. The Morgan fingerprint density at radius 2 is 1.62 bits per heavy atom. The van der Waals surface area contributed by atoms with Gasteiger partial charge in [-0.25, -0.2) is 20.4 Å². The van der Waals surface area contributed by atoms with Crippen LogP contribution in [-0.2, 0) is 6.54 Å². The number of aromatic nitrogens is 5. The average molecular weight is 512 g/mol. The number of rotatable bonds is 5. The van der Waals surface area contributed by atoms with Crippen molar-refractivity contribution in [2.45, 2.75) is 19.5 Å². The maximum absolute atomic E-state index is 13.6. The predicted octanol–water partition coefficient (Wildman–Crippen LogP) is 3.97. The smallest absolute Gasteiger partial charge is 0.356 e. The summed E-state index contributed by atoms with van der Waals surface area (Å²) < 4.78 is 8.08. The minimum Gasteiger partial charge on any atom is -0.356 e. The molecule has 1 aliphatic heterocycles. The van der Waals surface area contributed by atoms with Crippen molar-refractivity contribution < 1.29 is 4.52 Å². The van der Waals surface area contributed by atoms with E-state index in [0.717, 1.165) is 33.4 Å². The van der Waals surface area contributed by atoms with Crippen molar-refractivity contribution in [3.63, 3.8) is 0 Å². The highest BCUT2D eigenvalue weighted by Crippen LogP contribution is 2.37. The molecule has 184 valence electrons. The van der Waals surface area contributed by atoms with Gasteiger partial charge in [-0.05, 0) is 53.5 Å².